The first kappa shape index (κ1) is 22.6. The Kier molecular flexibility index (Phi) is 4.95. The lowest BCUT2D eigenvalue weighted by molar-refractivity contribution is 0.767. The molecule has 184 valence electrons. The third kappa shape index (κ3) is 3.19. The number of fused-ring (bicyclic) bond motifs is 6. The quantitative estimate of drug-likeness (QED) is 0.202. The average Bonchev–Trinajstić information content (AvgIpc) is 3.55. The molecule has 0 bridgehead atoms. The van der Waals surface area contributed by atoms with Crippen LogP contribution in [0.2, 0.25) is 0 Å². The molecule has 6 aromatic carbocycles. The topological polar surface area (TPSA) is 4.93 Å². The summed E-state index contributed by atoms with van der Waals surface area (Å²) in [6.45, 7) is 0. The van der Waals surface area contributed by atoms with Crippen LogP contribution in [0.1, 0.15) is 22.3 Å². The molecule has 0 unspecified atom stereocenters. The highest BCUT2D eigenvalue weighted by atomic mass is 79.9. The van der Waals surface area contributed by atoms with Crippen molar-refractivity contribution in [1.82, 2.24) is 4.57 Å². The van der Waals surface area contributed by atoms with Gasteiger partial charge in [-0.05, 0) is 69.1 Å². The zero-order chi connectivity index (χ0) is 26.0. The van der Waals surface area contributed by atoms with Crippen molar-refractivity contribution in [3.8, 4) is 16.8 Å². The van der Waals surface area contributed by atoms with E-state index in [9.17, 15) is 0 Å². The molecule has 0 saturated carbocycles. The van der Waals surface area contributed by atoms with E-state index >= 15 is 0 Å². The first-order valence-corrected chi connectivity index (χ1v) is 14.1. The number of benzene rings is 6. The van der Waals surface area contributed by atoms with Crippen molar-refractivity contribution in [3.63, 3.8) is 0 Å². The number of hydrogen-bond acceptors (Lipinski definition) is 0. The van der Waals surface area contributed by atoms with Crippen LogP contribution in [0.5, 0.6) is 0 Å². The molecule has 1 aromatic heterocycles. The number of aromatic nitrogens is 1. The molecule has 1 nitrogen and oxygen atoms in total. The fourth-order valence-corrected chi connectivity index (χ4v) is 7.08. The van der Waals surface area contributed by atoms with Gasteiger partial charge in [-0.3, -0.25) is 0 Å². The molecule has 0 atom stereocenters. The summed E-state index contributed by atoms with van der Waals surface area (Å²) in [5.41, 5.74) is 9.73. The third-order valence-corrected chi connectivity index (χ3v) is 8.84. The lowest BCUT2D eigenvalue weighted by atomic mass is 9.67. The highest BCUT2D eigenvalue weighted by Crippen LogP contribution is 2.57. The van der Waals surface area contributed by atoms with Crippen molar-refractivity contribution in [2.45, 2.75) is 5.41 Å². The molecular formula is C37H24BrN. The van der Waals surface area contributed by atoms with E-state index in [0.717, 1.165) is 4.47 Å². The van der Waals surface area contributed by atoms with Gasteiger partial charge >= 0.3 is 0 Å². The lowest BCUT2D eigenvalue weighted by Gasteiger charge is -2.34. The van der Waals surface area contributed by atoms with Crippen molar-refractivity contribution in [2.75, 3.05) is 0 Å². The fraction of sp³-hybridized carbons (Fsp3) is 0.0270. The normalized spacial score (nSPS) is 13.5. The molecule has 0 spiro atoms. The van der Waals surface area contributed by atoms with Crippen LogP contribution < -0.4 is 0 Å². The van der Waals surface area contributed by atoms with Gasteiger partial charge in [-0.25, -0.2) is 0 Å². The molecule has 0 saturated heterocycles. The minimum atomic E-state index is -0.433. The van der Waals surface area contributed by atoms with Crippen molar-refractivity contribution in [1.29, 1.82) is 0 Å². The first-order valence-electron chi connectivity index (χ1n) is 13.3. The molecule has 0 aliphatic heterocycles. The van der Waals surface area contributed by atoms with E-state index in [1.54, 1.807) is 0 Å². The van der Waals surface area contributed by atoms with Crippen molar-refractivity contribution in [2.24, 2.45) is 0 Å². The monoisotopic (exact) mass is 561 g/mol. The van der Waals surface area contributed by atoms with Crippen molar-refractivity contribution < 1.29 is 0 Å². The summed E-state index contributed by atoms with van der Waals surface area (Å²) in [6, 6.07) is 51.0. The van der Waals surface area contributed by atoms with Gasteiger partial charge in [-0.2, -0.15) is 0 Å². The van der Waals surface area contributed by atoms with Crippen LogP contribution in [0.3, 0.4) is 0 Å². The Labute approximate surface area is 236 Å². The van der Waals surface area contributed by atoms with E-state index in [-0.39, 0.29) is 0 Å². The SMILES string of the molecule is Brc1ccc2c(c1)C(c1ccccc1)(c1ccccc1)c1cc(-n3ccc4ccc5ccccc5c43)ccc1-2. The molecule has 0 N–H and O–H groups in total. The number of hydrogen-bond donors (Lipinski definition) is 0. The Morgan fingerprint density at radius 2 is 1.13 bits per heavy atom. The minimum Gasteiger partial charge on any atom is -0.316 e. The smallest absolute Gasteiger partial charge is 0.0714 e. The maximum atomic E-state index is 3.80. The molecular weight excluding hydrogens is 538 g/mol. The van der Waals surface area contributed by atoms with Crippen LogP contribution in [-0.4, -0.2) is 4.57 Å². The summed E-state index contributed by atoms with van der Waals surface area (Å²) >= 11 is 3.80. The summed E-state index contributed by atoms with van der Waals surface area (Å²) in [6.07, 6.45) is 2.21. The van der Waals surface area contributed by atoms with E-state index in [0.29, 0.717) is 0 Å². The van der Waals surface area contributed by atoms with Crippen molar-refractivity contribution in [3.05, 3.63) is 172 Å². The highest BCUT2D eigenvalue weighted by molar-refractivity contribution is 9.10. The summed E-state index contributed by atoms with van der Waals surface area (Å²) < 4.78 is 3.45. The van der Waals surface area contributed by atoms with Gasteiger partial charge in [0.1, 0.15) is 0 Å². The molecule has 39 heavy (non-hydrogen) atoms. The Hall–Kier alpha value is -4.40. The van der Waals surface area contributed by atoms with Crippen LogP contribution in [0.4, 0.5) is 0 Å². The van der Waals surface area contributed by atoms with Gasteiger partial charge < -0.3 is 4.57 Å². The van der Waals surface area contributed by atoms with Gasteiger partial charge in [0.2, 0.25) is 0 Å². The molecule has 0 radical (unpaired) electrons. The minimum absolute atomic E-state index is 0.433. The van der Waals surface area contributed by atoms with E-state index in [1.807, 2.05) is 0 Å². The molecule has 0 amide bonds. The highest BCUT2D eigenvalue weighted by Gasteiger charge is 2.46. The number of nitrogens with zero attached hydrogens (tertiary/aromatic N) is 1. The summed E-state index contributed by atoms with van der Waals surface area (Å²) in [7, 11) is 0. The zero-order valence-electron chi connectivity index (χ0n) is 21.2. The van der Waals surface area contributed by atoms with Gasteiger partial charge in [0.05, 0.1) is 10.9 Å². The first-order chi connectivity index (χ1) is 19.2. The Morgan fingerprint density at radius 1 is 0.513 bits per heavy atom. The maximum absolute atomic E-state index is 3.80. The molecule has 1 aliphatic rings. The third-order valence-electron chi connectivity index (χ3n) is 8.35. The number of rotatable bonds is 3. The predicted octanol–water partition coefficient (Wildman–Crippen LogP) is 9.91. The molecule has 7 aromatic rings. The van der Waals surface area contributed by atoms with Gasteiger partial charge in [-0.1, -0.05) is 125 Å². The van der Waals surface area contributed by atoms with Gasteiger partial charge in [0.25, 0.3) is 0 Å². The summed E-state index contributed by atoms with van der Waals surface area (Å²) in [5, 5.41) is 3.77. The molecule has 2 heteroatoms. The summed E-state index contributed by atoms with van der Waals surface area (Å²) in [4.78, 5) is 0. The predicted molar refractivity (Wildman–Crippen MR) is 166 cm³/mol. The fourth-order valence-electron chi connectivity index (χ4n) is 6.72. The standard InChI is InChI=1S/C37H24BrN/c38-29-17-19-32-33-20-18-30(39-22-21-26-16-15-25-9-7-8-14-31(25)36(26)39)24-35(33)37(34(32)23-29,27-10-3-1-4-11-27)28-12-5-2-6-13-28/h1-24H. The van der Waals surface area contributed by atoms with E-state index < -0.39 is 5.41 Å². The van der Waals surface area contributed by atoms with Gasteiger partial charge in [0, 0.05) is 27.1 Å². The van der Waals surface area contributed by atoms with Gasteiger partial charge in [-0.15, -0.1) is 0 Å². The molecule has 0 fully saturated rings. The lowest BCUT2D eigenvalue weighted by Crippen LogP contribution is -2.28. The van der Waals surface area contributed by atoms with Gasteiger partial charge in [0.15, 0.2) is 0 Å². The Balaban J connectivity index is 1.48. The maximum Gasteiger partial charge on any atom is 0.0714 e. The van der Waals surface area contributed by atoms with Crippen LogP contribution in [-0.2, 0) is 5.41 Å². The second-order valence-electron chi connectivity index (χ2n) is 10.3. The van der Waals surface area contributed by atoms with Crippen LogP contribution in [0, 0.1) is 0 Å². The van der Waals surface area contributed by atoms with Crippen molar-refractivity contribution >= 4 is 37.6 Å². The van der Waals surface area contributed by atoms with E-state index in [1.165, 1.54) is 60.7 Å². The van der Waals surface area contributed by atoms with Crippen LogP contribution in [0.15, 0.2) is 150 Å². The Bertz CT molecular complexity index is 1980. The molecule has 8 rings (SSSR count). The summed E-state index contributed by atoms with van der Waals surface area (Å²) in [5.74, 6) is 0. The molecule has 1 aliphatic carbocycles. The second-order valence-corrected chi connectivity index (χ2v) is 11.2. The second kappa shape index (κ2) is 8.56. The molecule has 1 heterocycles. The average molecular weight is 563 g/mol. The largest absolute Gasteiger partial charge is 0.316 e. The van der Waals surface area contributed by atoms with Crippen LogP contribution in [0.25, 0.3) is 38.5 Å². The Morgan fingerprint density at radius 3 is 1.87 bits per heavy atom. The number of halogens is 1. The van der Waals surface area contributed by atoms with E-state index in [2.05, 4.69) is 166 Å². The van der Waals surface area contributed by atoms with E-state index in [4.69, 9.17) is 0 Å². The van der Waals surface area contributed by atoms with Crippen LogP contribution >= 0.6 is 15.9 Å². The zero-order valence-corrected chi connectivity index (χ0v) is 22.8.